The van der Waals surface area contributed by atoms with Crippen LogP contribution in [0.1, 0.15) is 41.6 Å². The van der Waals surface area contributed by atoms with E-state index in [2.05, 4.69) is 10.6 Å². The van der Waals surface area contributed by atoms with Crippen LogP contribution in [0.4, 0.5) is 4.79 Å². The SMILES string of the molecule is O=C(NCCNC1C[C@H]2CC[C@@H](C1)N2C(=O)OCc1ccccc1)c1ccccc1. The van der Waals surface area contributed by atoms with Gasteiger partial charge in [0.25, 0.3) is 5.91 Å². The van der Waals surface area contributed by atoms with Crippen molar-refractivity contribution in [1.82, 2.24) is 15.5 Å². The normalized spacial score (nSPS) is 22.5. The van der Waals surface area contributed by atoms with Crippen molar-refractivity contribution < 1.29 is 14.3 Å². The summed E-state index contributed by atoms with van der Waals surface area (Å²) in [6, 6.07) is 19.9. The maximum atomic E-state index is 12.6. The third-order valence-electron chi connectivity index (χ3n) is 6.03. The maximum Gasteiger partial charge on any atom is 0.410 e. The molecule has 0 aliphatic carbocycles. The third kappa shape index (κ3) is 5.00. The molecule has 2 aliphatic rings. The molecule has 0 radical (unpaired) electrons. The molecular weight excluding hydrogens is 378 g/mol. The van der Waals surface area contributed by atoms with Gasteiger partial charge in [0.2, 0.25) is 0 Å². The van der Waals surface area contributed by atoms with Crippen molar-refractivity contribution in [2.75, 3.05) is 13.1 Å². The lowest BCUT2D eigenvalue weighted by molar-refractivity contribution is 0.0581. The van der Waals surface area contributed by atoms with E-state index in [-0.39, 0.29) is 24.1 Å². The van der Waals surface area contributed by atoms with Crippen LogP contribution in [-0.2, 0) is 11.3 Å². The zero-order valence-electron chi connectivity index (χ0n) is 17.1. The van der Waals surface area contributed by atoms with Crippen LogP contribution >= 0.6 is 0 Å². The largest absolute Gasteiger partial charge is 0.445 e. The Kier molecular flexibility index (Phi) is 6.64. The first-order chi connectivity index (χ1) is 14.7. The molecule has 4 rings (SSSR count). The van der Waals surface area contributed by atoms with Crippen LogP contribution in [0.2, 0.25) is 0 Å². The fraction of sp³-hybridized carbons (Fsp3) is 0.417. The number of fused-ring (bicyclic) bond motifs is 2. The van der Waals surface area contributed by atoms with Crippen LogP contribution in [-0.4, -0.2) is 48.1 Å². The summed E-state index contributed by atoms with van der Waals surface area (Å²) in [6.45, 7) is 1.63. The molecular formula is C24H29N3O3. The van der Waals surface area contributed by atoms with Gasteiger partial charge in [0.05, 0.1) is 0 Å². The number of hydrogen-bond donors (Lipinski definition) is 2. The summed E-state index contributed by atoms with van der Waals surface area (Å²) >= 11 is 0. The highest BCUT2D eigenvalue weighted by Gasteiger charge is 2.43. The Balaban J connectivity index is 1.19. The van der Waals surface area contributed by atoms with Gasteiger partial charge in [0.1, 0.15) is 6.61 Å². The fourth-order valence-corrected chi connectivity index (χ4v) is 4.58. The molecule has 2 bridgehead atoms. The van der Waals surface area contributed by atoms with Gasteiger partial charge in [-0.15, -0.1) is 0 Å². The van der Waals surface area contributed by atoms with E-state index in [4.69, 9.17) is 4.74 Å². The van der Waals surface area contributed by atoms with Crippen LogP contribution in [0.25, 0.3) is 0 Å². The number of nitrogens with zero attached hydrogens (tertiary/aromatic N) is 1. The van der Waals surface area contributed by atoms with Crippen LogP contribution in [0.5, 0.6) is 0 Å². The van der Waals surface area contributed by atoms with E-state index in [9.17, 15) is 9.59 Å². The van der Waals surface area contributed by atoms with Crippen molar-refractivity contribution in [2.24, 2.45) is 0 Å². The van der Waals surface area contributed by atoms with Gasteiger partial charge in [-0.1, -0.05) is 48.5 Å². The highest BCUT2D eigenvalue weighted by molar-refractivity contribution is 5.94. The summed E-state index contributed by atoms with van der Waals surface area (Å²) in [5.74, 6) is -0.0477. The molecule has 30 heavy (non-hydrogen) atoms. The summed E-state index contributed by atoms with van der Waals surface area (Å²) in [5.41, 5.74) is 1.69. The number of carbonyl (C=O) groups excluding carboxylic acids is 2. The second-order valence-corrected chi connectivity index (χ2v) is 8.08. The molecule has 158 valence electrons. The van der Waals surface area contributed by atoms with E-state index in [1.54, 1.807) is 0 Å². The van der Waals surface area contributed by atoms with Crippen LogP contribution in [0, 0.1) is 0 Å². The molecule has 3 atom stereocenters. The lowest BCUT2D eigenvalue weighted by atomic mass is 9.98. The lowest BCUT2D eigenvalue weighted by Gasteiger charge is -2.38. The maximum absolute atomic E-state index is 12.6. The molecule has 6 nitrogen and oxygen atoms in total. The molecule has 2 saturated heterocycles. The Labute approximate surface area is 177 Å². The average Bonchev–Trinajstić information content (AvgIpc) is 3.06. The zero-order chi connectivity index (χ0) is 20.8. The van der Waals surface area contributed by atoms with Gasteiger partial charge in [-0.25, -0.2) is 4.79 Å². The van der Waals surface area contributed by atoms with Gasteiger partial charge in [-0.3, -0.25) is 4.79 Å². The summed E-state index contributed by atoms with van der Waals surface area (Å²) < 4.78 is 5.57. The Hall–Kier alpha value is -2.86. The van der Waals surface area contributed by atoms with E-state index in [0.717, 1.165) is 37.8 Å². The van der Waals surface area contributed by atoms with Crippen molar-refractivity contribution in [3.05, 3.63) is 71.8 Å². The third-order valence-corrected chi connectivity index (χ3v) is 6.03. The van der Waals surface area contributed by atoms with Gasteiger partial charge in [-0.2, -0.15) is 0 Å². The summed E-state index contributed by atoms with van der Waals surface area (Å²) in [7, 11) is 0. The van der Waals surface area contributed by atoms with Crippen molar-refractivity contribution in [3.63, 3.8) is 0 Å². The minimum absolute atomic E-state index is 0.0477. The number of nitrogens with one attached hydrogen (secondary N) is 2. The number of ether oxygens (including phenoxy) is 1. The van der Waals surface area contributed by atoms with E-state index in [1.165, 1.54) is 0 Å². The second kappa shape index (κ2) is 9.76. The molecule has 2 heterocycles. The quantitative estimate of drug-likeness (QED) is 0.691. The molecule has 2 aliphatic heterocycles. The first kappa shape index (κ1) is 20.4. The van der Waals surface area contributed by atoms with Crippen LogP contribution < -0.4 is 10.6 Å². The van der Waals surface area contributed by atoms with E-state index >= 15 is 0 Å². The highest BCUT2D eigenvalue weighted by Crippen LogP contribution is 2.36. The molecule has 2 amide bonds. The average molecular weight is 408 g/mol. The van der Waals surface area contributed by atoms with E-state index < -0.39 is 0 Å². The Bertz CT molecular complexity index is 829. The number of benzene rings is 2. The van der Waals surface area contributed by atoms with Crippen molar-refractivity contribution in [2.45, 2.75) is 50.4 Å². The van der Waals surface area contributed by atoms with Crippen molar-refractivity contribution in [3.8, 4) is 0 Å². The first-order valence-corrected chi connectivity index (χ1v) is 10.8. The predicted molar refractivity (Wildman–Crippen MR) is 115 cm³/mol. The Morgan fingerprint density at radius 1 is 0.900 bits per heavy atom. The Morgan fingerprint density at radius 2 is 1.53 bits per heavy atom. The zero-order valence-corrected chi connectivity index (χ0v) is 17.1. The van der Waals surface area contributed by atoms with E-state index in [1.807, 2.05) is 65.6 Å². The number of carbonyl (C=O) groups is 2. The Morgan fingerprint density at radius 3 is 2.20 bits per heavy atom. The second-order valence-electron chi connectivity index (χ2n) is 8.08. The number of rotatable bonds is 7. The van der Waals surface area contributed by atoms with Gasteiger partial charge in [0, 0.05) is 36.8 Å². The summed E-state index contributed by atoms with van der Waals surface area (Å²) in [4.78, 5) is 26.7. The molecule has 0 spiro atoms. The molecule has 0 saturated carbocycles. The predicted octanol–water partition coefficient (Wildman–Crippen LogP) is 3.34. The van der Waals surface area contributed by atoms with Crippen LogP contribution in [0.3, 0.4) is 0 Å². The van der Waals surface area contributed by atoms with Gasteiger partial charge < -0.3 is 20.3 Å². The molecule has 0 aromatic heterocycles. The summed E-state index contributed by atoms with van der Waals surface area (Å²) in [6.07, 6.45) is 3.75. The van der Waals surface area contributed by atoms with Gasteiger partial charge in [-0.05, 0) is 43.4 Å². The molecule has 2 fully saturated rings. The molecule has 2 aromatic rings. The minimum atomic E-state index is -0.195. The van der Waals surface area contributed by atoms with Crippen molar-refractivity contribution >= 4 is 12.0 Å². The lowest BCUT2D eigenvalue weighted by Crippen LogP contribution is -2.52. The highest BCUT2D eigenvalue weighted by atomic mass is 16.6. The fourth-order valence-electron chi connectivity index (χ4n) is 4.58. The molecule has 1 unspecified atom stereocenters. The van der Waals surface area contributed by atoms with Crippen molar-refractivity contribution in [1.29, 1.82) is 0 Å². The van der Waals surface area contributed by atoms with E-state index in [0.29, 0.717) is 24.8 Å². The van der Waals surface area contributed by atoms with Crippen LogP contribution in [0.15, 0.2) is 60.7 Å². The monoisotopic (exact) mass is 407 g/mol. The molecule has 6 heteroatoms. The number of piperidine rings is 1. The van der Waals surface area contributed by atoms with Gasteiger partial charge in [0.15, 0.2) is 0 Å². The standard InChI is InChI=1S/C24H29N3O3/c28-23(19-9-5-2-6-10-19)26-14-13-25-20-15-21-11-12-22(16-20)27(21)24(29)30-17-18-7-3-1-4-8-18/h1-10,20-22,25H,11-17H2,(H,26,28)/t20?,21-,22+. The topological polar surface area (TPSA) is 70.7 Å². The first-order valence-electron chi connectivity index (χ1n) is 10.8. The van der Waals surface area contributed by atoms with Gasteiger partial charge >= 0.3 is 6.09 Å². The smallest absolute Gasteiger partial charge is 0.410 e. The molecule has 2 aromatic carbocycles. The number of hydrogen-bond acceptors (Lipinski definition) is 4. The number of amides is 2. The summed E-state index contributed by atoms with van der Waals surface area (Å²) in [5, 5.41) is 6.50. The molecule has 2 N–H and O–H groups in total. The minimum Gasteiger partial charge on any atom is -0.445 e.